The van der Waals surface area contributed by atoms with E-state index in [1.54, 1.807) is 48.7 Å². The Morgan fingerprint density at radius 3 is 2.61 bits per heavy atom. The zero-order valence-corrected chi connectivity index (χ0v) is 17.0. The average Bonchev–Trinajstić information content (AvgIpc) is 2.80. The Morgan fingerprint density at radius 1 is 1.13 bits per heavy atom. The van der Waals surface area contributed by atoms with Crippen molar-refractivity contribution in [1.82, 2.24) is 14.7 Å². The van der Waals surface area contributed by atoms with Gasteiger partial charge in [-0.25, -0.2) is 0 Å². The molecule has 156 valence electrons. The Morgan fingerprint density at radius 2 is 1.87 bits per heavy atom. The van der Waals surface area contributed by atoms with E-state index in [9.17, 15) is 14.9 Å². The van der Waals surface area contributed by atoms with Crippen LogP contribution >= 0.6 is 0 Å². The minimum absolute atomic E-state index is 0.0422. The van der Waals surface area contributed by atoms with Crippen LogP contribution in [0.5, 0.6) is 11.6 Å². The van der Waals surface area contributed by atoms with Gasteiger partial charge in [-0.2, -0.15) is 10.2 Å². The van der Waals surface area contributed by atoms with E-state index in [0.717, 1.165) is 32.1 Å². The van der Waals surface area contributed by atoms with Gasteiger partial charge in [-0.1, -0.05) is 43.5 Å². The highest BCUT2D eigenvalue weighted by atomic mass is 16.5. The highest BCUT2D eigenvalue weighted by Crippen LogP contribution is 2.24. The molecule has 1 aliphatic carbocycles. The molecule has 0 bridgehead atoms. The summed E-state index contributed by atoms with van der Waals surface area (Å²) in [5.74, 6) is 0.0488. The largest absolute Gasteiger partial charge is 0.438 e. The molecule has 1 saturated carbocycles. The van der Waals surface area contributed by atoms with Crippen molar-refractivity contribution in [2.45, 2.75) is 38.1 Å². The summed E-state index contributed by atoms with van der Waals surface area (Å²) < 4.78 is 7.22. The summed E-state index contributed by atoms with van der Waals surface area (Å²) in [6, 6.07) is 16.1. The first-order valence-electron chi connectivity index (χ1n) is 10.3. The predicted molar refractivity (Wildman–Crippen MR) is 117 cm³/mol. The lowest BCUT2D eigenvalue weighted by Crippen LogP contribution is -2.36. The number of carbonyl (C=O) groups excluding carboxylic acids is 1. The van der Waals surface area contributed by atoms with Gasteiger partial charge in [-0.3, -0.25) is 14.0 Å². The summed E-state index contributed by atoms with van der Waals surface area (Å²) in [5, 5.41) is 12.5. The molecule has 31 heavy (non-hydrogen) atoms. The lowest BCUT2D eigenvalue weighted by molar-refractivity contribution is -0.117. The normalized spacial score (nSPS) is 14.7. The first-order valence-corrected chi connectivity index (χ1v) is 10.3. The maximum absolute atomic E-state index is 13.2. The van der Waals surface area contributed by atoms with Crippen molar-refractivity contribution in [3.05, 3.63) is 76.2 Å². The first kappa shape index (κ1) is 20.4. The van der Waals surface area contributed by atoms with Crippen molar-refractivity contribution in [3.8, 4) is 17.7 Å². The number of fused-ring (bicyclic) bond motifs is 1. The van der Waals surface area contributed by atoms with Gasteiger partial charge in [0.05, 0.1) is 0 Å². The molecular formula is C24H22N4O3. The zero-order chi connectivity index (χ0) is 21.6. The van der Waals surface area contributed by atoms with Crippen molar-refractivity contribution in [2.75, 3.05) is 0 Å². The third-order valence-electron chi connectivity index (χ3n) is 5.29. The molecule has 0 saturated heterocycles. The van der Waals surface area contributed by atoms with E-state index in [1.165, 1.54) is 10.5 Å². The molecule has 4 rings (SSSR count). The number of hydrogen-bond acceptors (Lipinski definition) is 5. The number of aromatic nitrogens is 2. The van der Waals surface area contributed by atoms with E-state index in [-0.39, 0.29) is 23.1 Å². The minimum Gasteiger partial charge on any atom is -0.438 e. The lowest BCUT2D eigenvalue weighted by Gasteiger charge is -2.22. The fraction of sp³-hybridized carbons (Fsp3) is 0.250. The van der Waals surface area contributed by atoms with Crippen molar-refractivity contribution < 1.29 is 9.53 Å². The smallest absolute Gasteiger partial charge is 0.269 e. The summed E-state index contributed by atoms with van der Waals surface area (Å²) in [6.07, 6.45) is 7.92. The van der Waals surface area contributed by atoms with Gasteiger partial charge in [0.1, 0.15) is 28.6 Å². The summed E-state index contributed by atoms with van der Waals surface area (Å²) in [5.41, 5.74) is -0.128. The van der Waals surface area contributed by atoms with Gasteiger partial charge in [0, 0.05) is 12.2 Å². The van der Waals surface area contributed by atoms with Crippen LogP contribution in [0, 0.1) is 11.3 Å². The van der Waals surface area contributed by atoms with E-state index in [1.807, 2.05) is 12.1 Å². The molecule has 1 amide bonds. The molecule has 1 fully saturated rings. The van der Waals surface area contributed by atoms with Crippen molar-refractivity contribution in [1.29, 1.82) is 5.26 Å². The number of pyridine rings is 1. The third-order valence-corrected chi connectivity index (χ3v) is 5.29. The van der Waals surface area contributed by atoms with E-state index < -0.39 is 11.5 Å². The molecule has 0 radical (unpaired) electrons. The van der Waals surface area contributed by atoms with Gasteiger partial charge >= 0.3 is 0 Å². The van der Waals surface area contributed by atoms with Crippen LogP contribution in [0.25, 0.3) is 11.7 Å². The number of rotatable bonds is 5. The molecule has 1 N–H and O–H groups in total. The number of nitriles is 1. The number of para-hydroxylation sites is 1. The van der Waals surface area contributed by atoms with Crippen LogP contribution in [-0.4, -0.2) is 21.3 Å². The van der Waals surface area contributed by atoms with Gasteiger partial charge < -0.3 is 10.1 Å². The molecule has 2 aromatic heterocycles. The van der Waals surface area contributed by atoms with E-state index in [2.05, 4.69) is 10.3 Å². The molecule has 0 atom stereocenters. The van der Waals surface area contributed by atoms with Crippen molar-refractivity contribution in [2.24, 2.45) is 0 Å². The van der Waals surface area contributed by atoms with Gasteiger partial charge in [-0.05, 0) is 43.2 Å². The third kappa shape index (κ3) is 4.64. The molecule has 1 aliphatic rings. The van der Waals surface area contributed by atoms with E-state index >= 15 is 0 Å². The standard InChI is InChI=1S/C24H22N4O3/c25-16-17(22(29)26-18-9-3-1-4-10-18)15-20-23(31-19-11-5-2-6-12-19)27-21-13-7-8-14-28(21)24(20)30/h2,5-8,11-15,18H,1,3-4,9-10H2,(H,26,29)/b17-15-. The van der Waals surface area contributed by atoms with Gasteiger partial charge in [-0.15, -0.1) is 0 Å². The average molecular weight is 414 g/mol. The van der Waals surface area contributed by atoms with E-state index in [4.69, 9.17) is 4.74 Å². The fourth-order valence-electron chi connectivity index (χ4n) is 3.69. The first-order chi connectivity index (χ1) is 15.2. The Balaban J connectivity index is 1.75. The number of amides is 1. The van der Waals surface area contributed by atoms with Crippen molar-refractivity contribution in [3.63, 3.8) is 0 Å². The second-order valence-electron chi connectivity index (χ2n) is 7.46. The van der Waals surface area contributed by atoms with Crippen LogP contribution in [0.1, 0.15) is 37.7 Å². The minimum atomic E-state index is -0.488. The van der Waals surface area contributed by atoms with Crippen LogP contribution in [0.4, 0.5) is 0 Å². The predicted octanol–water partition coefficient (Wildman–Crippen LogP) is 3.84. The molecule has 7 heteroatoms. The molecule has 2 heterocycles. The lowest BCUT2D eigenvalue weighted by atomic mass is 9.95. The number of nitrogens with one attached hydrogen (secondary N) is 1. The van der Waals surface area contributed by atoms with Crippen LogP contribution in [-0.2, 0) is 4.79 Å². The highest BCUT2D eigenvalue weighted by Gasteiger charge is 2.20. The Hall–Kier alpha value is -3.92. The summed E-state index contributed by atoms with van der Waals surface area (Å²) in [6.45, 7) is 0. The maximum Gasteiger partial charge on any atom is 0.269 e. The highest BCUT2D eigenvalue weighted by molar-refractivity contribution is 6.02. The molecular weight excluding hydrogens is 392 g/mol. The van der Waals surface area contributed by atoms with Crippen LogP contribution in [0.15, 0.2) is 65.1 Å². The van der Waals surface area contributed by atoms with Gasteiger partial charge in [0.25, 0.3) is 11.5 Å². The second kappa shape index (κ2) is 9.26. The van der Waals surface area contributed by atoms with Crippen LogP contribution < -0.4 is 15.6 Å². The van der Waals surface area contributed by atoms with E-state index in [0.29, 0.717) is 11.4 Å². The Kier molecular flexibility index (Phi) is 6.08. The number of carbonyl (C=O) groups is 1. The fourth-order valence-corrected chi connectivity index (χ4v) is 3.69. The summed E-state index contributed by atoms with van der Waals surface area (Å²) in [7, 11) is 0. The topological polar surface area (TPSA) is 96.5 Å². The Labute approximate surface area is 179 Å². The Bertz CT molecular complexity index is 1220. The van der Waals surface area contributed by atoms with Gasteiger partial charge in [0.2, 0.25) is 5.88 Å². The summed E-state index contributed by atoms with van der Waals surface area (Å²) in [4.78, 5) is 30.3. The molecule has 1 aromatic carbocycles. The van der Waals surface area contributed by atoms with Crippen LogP contribution in [0.2, 0.25) is 0 Å². The number of benzene rings is 1. The molecule has 0 spiro atoms. The van der Waals surface area contributed by atoms with Crippen LogP contribution in [0.3, 0.4) is 0 Å². The number of nitrogens with zero attached hydrogens (tertiary/aromatic N) is 3. The summed E-state index contributed by atoms with van der Waals surface area (Å²) >= 11 is 0. The number of hydrogen-bond donors (Lipinski definition) is 1. The zero-order valence-electron chi connectivity index (χ0n) is 17.0. The second-order valence-corrected chi connectivity index (χ2v) is 7.46. The molecule has 0 aliphatic heterocycles. The maximum atomic E-state index is 13.2. The van der Waals surface area contributed by atoms with Gasteiger partial charge in [0.15, 0.2) is 0 Å². The SMILES string of the molecule is N#C/C(=C/c1c(Oc2ccccc2)nc2ccccn2c1=O)C(=O)NC1CCCCC1. The quantitative estimate of drug-likeness (QED) is 0.505. The number of ether oxygens (including phenoxy) is 1. The molecule has 0 unspecified atom stereocenters. The monoisotopic (exact) mass is 414 g/mol. The van der Waals surface area contributed by atoms with Crippen molar-refractivity contribution >= 4 is 17.6 Å². The molecule has 7 nitrogen and oxygen atoms in total. The molecule has 3 aromatic rings.